The number of benzene rings is 2. The van der Waals surface area contributed by atoms with Crippen molar-refractivity contribution in [2.75, 3.05) is 7.05 Å². The van der Waals surface area contributed by atoms with Crippen LogP contribution in [0.2, 0.25) is 0 Å². The van der Waals surface area contributed by atoms with E-state index in [1.807, 2.05) is 6.07 Å². The summed E-state index contributed by atoms with van der Waals surface area (Å²) in [5, 5.41) is 0. The molecule has 4 nitrogen and oxygen atoms in total. The minimum atomic E-state index is -4.42. The Balaban J connectivity index is 1.84. The molecule has 1 atom stereocenters. The van der Waals surface area contributed by atoms with Crippen LogP contribution in [-0.4, -0.2) is 28.7 Å². The third kappa shape index (κ3) is 3.29. The van der Waals surface area contributed by atoms with Gasteiger partial charge >= 0.3 is 6.18 Å². The number of carbonyl (C=O) groups excluding carboxylic acids is 2. The molecule has 0 radical (unpaired) electrons. The van der Waals surface area contributed by atoms with Gasteiger partial charge in [0.05, 0.1) is 16.7 Å². The first-order valence-electron chi connectivity index (χ1n) is 8.81. The highest BCUT2D eigenvalue weighted by atomic mass is 19.4. The van der Waals surface area contributed by atoms with Crippen LogP contribution in [0, 0.1) is 0 Å². The van der Waals surface area contributed by atoms with Gasteiger partial charge in [0.25, 0.3) is 11.8 Å². The predicted octanol–water partition coefficient (Wildman–Crippen LogP) is 4.51. The molecule has 29 heavy (non-hydrogen) atoms. The van der Waals surface area contributed by atoms with Gasteiger partial charge in [0, 0.05) is 25.4 Å². The topological polar surface area (TPSA) is 50.3 Å². The zero-order valence-electron chi connectivity index (χ0n) is 15.3. The molecule has 1 unspecified atom stereocenters. The quantitative estimate of drug-likeness (QED) is 0.613. The van der Waals surface area contributed by atoms with Gasteiger partial charge in [-0.15, -0.1) is 0 Å². The van der Waals surface area contributed by atoms with Gasteiger partial charge < -0.3 is 0 Å². The molecule has 0 spiro atoms. The lowest BCUT2D eigenvalue weighted by atomic mass is 9.84. The number of amides is 2. The summed E-state index contributed by atoms with van der Waals surface area (Å²) >= 11 is 0. The van der Waals surface area contributed by atoms with Crippen molar-refractivity contribution in [2.45, 2.75) is 12.1 Å². The Hall–Kier alpha value is -3.48. The third-order valence-electron chi connectivity index (χ3n) is 5.04. The highest BCUT2D eigenvalue weighted by molar-refractivity contribution is 6.21. The van der Waals surface area contributed by atoms with E-state index in [9.17, 15) is 22.8 Å². The zero-order chi connectivity index (χ0) is 20.8. The van der Waals surface area contributed by atoms with Crippen LogP contribution >= 0.6 is 0 Å². The van der Waals surface area contributed by atoms with Crippen molar-refractivity contribution in [3.63, 3.8) is 0 Å². The average molecular weight is 396 g/mol. The monoisotopic (exact) mass is 396 g/mol. The zero-order valence-corrected chi connectivity index (χ0v) is 15.3. The molecule has 1 aliphatic rings. The van der Waals surface area contributed by atoms with Crippen molar-refractivity contribution in [3.05, 3.63) is 100 Å². The number of aromatic nitrogens is 1. The molecule has 0 bridgehead atoms. The third-order valence-corrected chi connectivity index (χ3v) is 5.04. The number of carbonyl (C=O) groups is 2. The fourth-order valence-corrected chi connectivity index (χ4v) is 3.55. The van der Waals surface area contributed by atoms with Gasteiger partial charge in [0.2, 0.25) is 0 Å². The highest BCUT2D eigenvalue weighted by Crippen LogP contribution is 2.36. The molecule has 1 aromatic heterocycles. The molecule has 0 fully saturated rings. The summed E-state index contributed by atoms with van der Waals surface area (Å²) in [4.78, 5) is 29.7. The summed E-state index contributed by atoms with van der Waals surface area (Å²) in [5.41, 5.74) is 1.94. The minimum absolute atomic E-state index is 0.288. The van der Waals surface area contributed by atoms with Crippen molar-refractivity contribution in [1.82, 2.24) is 9.88 Å². The van der Waals surface area contributed by atoms with Crippen molar-refractivity contribution in [2.24, 2.45) is 0 Å². The van der Waals surface area contributed by atoms with Gasteiger partial charge in [-0.1, -0.05) is 24.3 Å². The molecule has 146 valence electrons. The number of imide groups is 1. The van der Waals surface area contributed by atoms with E-state index in [0.717, 1.165) is 22.6 Å². The summed E-state index contributed by atoms with van der Waals surface area (Å²) < 4.78 is 38.8. The maximum atomic E-state index is 12.9. The Bertz CT molecular complexity index is 1090. The first-order valence-corrected chi connectivity index (χ1v) is 8.81. The maximum absolute atomic E-state index is 12.9. The number of nitrogens with zero attached hydrogens (tertiary/aromatic N) is 2. The molecular weight excluding hydrogens is 381 g/mol. The average Bonchev–Trinajstić information content (AvgIpc) is 2.93. The summed E-state index contributed by atoms with van der Waals surface area (Å²) in [6.45, 7) is 0. The molecule has 2 heterocycles. The number of hydrogen-bond donors (Lipinski definition) is 0. The Kier molecular flexibility index (Phi) is 4.45. The fraction of sp³-hybridized carbons (Fsp3) is 0.136. The van der Waals surface area contributed by atoms with Crippen LogP contribution in [0.4, 0.5) is 13.2 Å². The van der Waals surface area contributed by atoms with Crippen molar-refractivity contribution in [3.8, 4) is 0 Å². The molecule has 1 aliphatic heterocycles. The largest absolute Gasteiger partial charge is 0.416 e. The molecular formula is C22H15F3N2O2. The van der Waals surface area contributed by atoms with Crippen LogP contribution in [0.5, 0.6) is 0 Å². The lowest BCUT2D eigenvalue weighted by molar-refractivity contribution is -0.137. The predicted molar refractivity (Wildman–Crippen MR) is 99.5 cm³/mol. The van der Waals surface area contributed by atoms with Gasteiger partial charge in [-0.05, 0) is 47.0 Å². The standard InChI is InChI=1S/C22H15F3N2O2/c1-27-20(28)17-9-6-14(11-18(17)21(27)29)19(15-3-2-10-26-12-15)13-4-7-16(8-5-13)22(23,24)25/h2-12,19H,1H3. The van der Waals surface area contributed by atoms with Crippen LogP contribution in [0.1, 0.15) is 48.9 Å². The van der Waals surface area contributed by atoms with E-state index in [2.05, 4.69) is 4.98 Å². The normalized spacial score (nSPS) is 14.8. The molecule has 2 aromatic carbocycles. The van der Waals surface area contributed by atoms with E-state index in [-0.39, 0.29) is 11.5 Å². The van der Waals surface area contributed by atoms with Crippen LogP contribution in [0.3, 0.4) is 0 Å². The van der Waals surface area contributed by atoms with Crippen LogP contribution in [0.25, 0.3) is 0 Å². The van der Waals surface area contributed by atoms with Crippen LogP contribution < -0.4 is 0 Å². The molecule has 2 amide bonds. The maximum Gasteiger partial charge on any atom is 0.416 e. The molecule has 4 rings (SSSR count). The Morgan fingerprint density at radius 2 is 1.52 bits per heavy atom. The number of rotatable bonds is 3. The van der Waals surface area contributed by atoms with Crippen molar-refractivity contribution < 1.29 is 22.8 Å². The molecule has 0 aliphatic carbocycles. The fourth-order valence-electron chi connectivity index (χ4n) is 3.55. The lowest BCUT2D eigenvalue weighted by Crippen LogP contribution is -2.24. The minimum Gasteiger partial charge on any atom is -0.277 e. The van der Waals surface area contributed by atoms with E-state index in [4.69, 9.17) is 0 Å². The van der Waals surface area contributed by atoms with E-state index < -0.39 is 23.6 Å². The Morgan fingerprint density at radius 1 is 0.862 bits per heavy atom. The number of pyridine rings is 1. The van der Waals surface area contributed by atoms with Gasteiger partial charge in [0.15, 0.2) is 0 Å². The van der Waals surface area contributed by atoms with Crippen LogP contribution in [0.15, 0.2) is 67.0 Å². The number of alkyl halides is 3. The van der Waals surface area contributed by atoms with E-state index >= 15 is 0 Å². The smallest absolute Gasteiger partial charge is 0.277 e. The SMILES string of the molecule is CN1C(=O)c2ccc(C(c3ccc(C(F)(F)F)cc3)c3cccnc3)cc2C1=O. The number of halogens is 3. The second-order valence-electron chi connectivity index (χ2n) is 6.81. The molecule has 0 saturated carbocycles. The molecule has 7 heteroatoms. The Morgan fingerprint density at radius 3 is 2.14 bits per heavy atom. The Labute approximate surface area is 164 Å². The highest BCUT2D eigenvalue weighted by Gasteiger charge is 2.34. The van der Waals surface area contributed by atoms with E-state index in [1.165, 1.54) is 19.2 Å². The van der Waals surface area contributed by atoms with E-state index in [0.29, 0.717) is 16.7 Å². The van der Waals surface area contributed by atoms with Crippen molar-refractivity contribution in [1.29, 1.82) is 0 Å². The number of fused-ring (bicyclic) bond motifs is 1. The first-order chi connectivity index (χ1) is 13.8. The molecule has 0 N–H and O–H groups in total. The summed E-state index contributed by atoms with van der Waals surface area (Å²) in [6.07, 6.45) is -1.19. The molecule has 0 saturated heterocycles. The van der Waals surface area contributed by atoms with Gasteiger partial charge in [0.1, 0.15) is 0 Å². The van der Waals surface area contributed by atoms with Gasteiger partial charge in [-0.25, -0.2) is 0 Å². The van der Waals surface area contributed by atoms with Crippen molar-refractivity contribution >= 4 is 11.8 Å². The second-order valence-corrected chi connectivity index (χ2v) is 6.81. The lowest BCUT2D eigenvalue weighted by Gasteiger charge is -2.19. The number of hydrogen-bond acceptors (Lipinski definition) is 3. The van der Waals surface area contributed by atoms with E-state index in [1.54, 1.807) is 36.7 Å². The summed E-state index contributed by atoms with van der Waals surface area (Å²) in [6, 6.07) is 13.4. The molecule has 3 aromatic rings. The summed E-state index contributed by atoms with van der Waals surface area (Å²) in [7, 11) is 1.42. The first kappa shape index (κ1) is 18.9. The van der Waals surface area contributed by atoms with Gasteiger partial charge in [-0.3, -0.25) is 19.5 Å². The second kappa shape index (κ2) is 6.84. The summed E-state index contributed by atoms with van der Waals surface area (Å²) in [5.74, 6) is -1.21. The van der Waals surface area contributed by atoms with Gasteiger partial charge in [-0.2, -0.15) is 13.2 Å². The van der Waals surface area contributed by atoms with Crippen LogP contribution in [-0.2, 0) is 6.18 Å².